The van der Waals surface area contributed by atoms with Crippen LogP contribution in [0, 0.1) is 13.8 Å². The third-order valence-corrected chi connectivity index (χ3v) is 4.39. The Morgan fingerprint density at radius 2 is 1.46 bits per heavy atom. The number of para-hydroxylation sites is 2. The molecule has 0 spiro atoms. The molecule has 2 aromatic rings. The summed E-state index contributed by atoms with van der Waals surface area (Å²) < 4.78 is 0. The molecule has 24 heavy (non-hydrogen) atoms. The summed E-state index contributed by atoms with van der Waals surface area (Å²) in [7, 11) is 0. The van der Waals surface area contributed by atoms with Crippen LogP contribution < -0.4 is 22.1 Å². The first-order valence-electron chi connectivity index (χ1n) is 8.15. The largest absolute Gasteiger partial charge is 0.400 e. The fraction of sp³-hybridized carbons (Fsp3) is 0.200. The first-order chi connectivity index (χ1) is 11.5. The summed E-state index contributed by atoms with van der Waals surface area (Å²) in [5, 5.41) is 6.99. The van der Waals surface area contributed by atoms with E-state index in [2.05, 4.69) is 48.7 Å². The molecular formula is C20H24N4. The van der Waals surface area contributed by atoms with Crippen LogP contribution in [0.5, 0.6) is 0 Å². The van der Waals surface area contributed by atoms with Crippen LogP contribution in [0.2, 0.25) is 0 Å². The first kappa shape index (κ1) is 16.0. The SMILES string of the molecule is Cc1ccccc1NC1=C(N)C=C(N)C(Nc2ccccc2C)C1. The van der Waals surface area contributed by atoms with Gasteiger partial charge in [0.1, 0.15) is 0 Å². The van der Waals surface area contributed by atoms with E-state index in [0.29, 0.717) is 5.70 Å². The molecule has 1 aliphatic carbocycles. The highest BCUT2D eigenvalue weighted by Crippen LogP contribution is 2.26. The minimum atomic E-state index is 0.0184. The van der Waals surface area contributed by atoms with Crippen molar-refractivity contribution in [2.24, 2.45) is 11.5 Å². The summed E-state index contributed by atoms with van der Waals surface area (Å²) in [6.45, 7) is 4.16. The fourth-order valence-electron chi connectivity index (χ4n) is 2.86. The number of nitrogens with one attached hydrogen (secondary N) is 2. The predicted molar refractivity (Wildman–Crippen MR) is 101 cm³/mol. The smallest absolute Gasteiger partial charge is 0.0713 e. The summed E-state index contributed by atoms with van der Waals surface area (Å²) >= 11 is 0. The van der Waals surface area contributed by atoms with Crippen LogP contribution in [-0.4, -0.2) is 6.04 Å². The summed E-state index contributed by atoms with van der Waals surface area (Å²) in [4.78, 5) is 0. The van der Waals surface area contributed by atoms with Crippen LogP contribution in [0.3, 0.4) is 0 Å². The quantitative estimate of drug-likeness (QED) is 0.694. The lowest BCUT2D eigenvalue weighted by Gasteiger charge is -2.28. The van der Waals surface area contributed by atoms with Crippen molar-refractivity contribution < 1.29 is 0 Å². The zero-order chi connectivity index (χ0) is 17.1. The van der Waals surface area contributed by atoms with Gasteiger partial charge in [0.15, 0.2) is 0 Å². The van der Waals surface area contributed by atoms with Gasteiger partial charge >= 0.3 is 0 Å². The van der Waals surface area contributed by atoms with Crippen molar-refractivity contribution >= 4 is 11.4 Å². The van der Waals surface area contributed by atoms with E-state index in [-0.39, 0.29) is 6.04 Å². The molecule has 1 unspecified atom stereocenters. The minimum Gasteiger partial charge on any atom is -0.400 e. The highest BCUT2D eigenvalue weighted by molar-refractivity contribution is 5.58. The second-order valence-electron chi connectivity index (χ2n) is 6.23. The van der Waals surface area contributed by atoms with Gasteiger partial charge in [0.05, 0.1) is 11.7 Å². The van der Waals surface area contributed by atoms with E-state index in [1.54, 1.807) is 0 Å². The number of hydrogen-bond donors (Lipinski definition) is 4. The van der Waals surface area contributed by atoms with E-state index in [4.69, 9.17) is 11.5 Å². The molecule has 1 atom stereocenters. The third-order valence-electron chi connectivity index (χ3n) is 4.39. The molecule has 0 aromatic heterocycles. The Labute approximate surface area is 143 Å². The average molecular weight is 320 g/mol. The molecule has 0 aliphatic heterocycles. The molecule has 0 radical (unpaired) electrons. The van der Waals surface area contributed by atoms with Gasteiger partial charge in [0.25, 0.3) is 0 Å². The monoisotopic (exact) mass is 320 g/mol. The Bertz CT molecular complexity index is 805. The van der Waals surface area contributed by atoms with Crippen LogP contribution in [0.1, 0.15) is 17.5 Å². The van der Waals surface area contributed by atoms with Gasteiger partial charge < -0.3 is 22.1 Å². The van der Waals surface area contributed by atoms with Gasteiger partial charge in [-0.05, 0) is 43.2 Å². The zero-order valence-electron chi connectivity index (χ0n) is 14.1. The summed E-state index contributed by atoms with van der Waals surface area (Å²) in [6, 6.07) is 16.4. The maximum Gasteiger partial charge on any atom is 0.0713 e. The topological polar surface area (TPSA) is 76.1 Å². The molecule has 4 heteroatoms. The molecule has 0 saturated heterocycles. The molecule has 2 aromatic carbocycles. The Hall–Kier alpha value is -2.88. The van der Waals surface area contributed by atoms with Crippen molar-refractivity contribution in [1.29, 1.82) is 0 Å². The second kappa shape index (κ2) is 6.71. The van der Waals surface area contributed by atoms with Crippen molar-refractivity contribution in [3.8, 4) is 0 Å². The normalized spacial score (nSPS) is 17.4. The number of rotatable bonds is 4. The third kappa shape index (κ3) is 3.38. The van der Waals surface area contributed by atoms with Crippen molar-refractivity contribution in [2.75, 3.05) is 10.6 Å². The Morgan fingerprint density at radius 1 is 0.875 bits per heavy atom. The molecule has 0 bridgehead atoms. The van der Waals surface area contributed by atoms with Gasteiger partial charge in [0, 0.05) is 29.2 Å². The van der Waals surface area contributed by atoms with Crippen molar-refractivity contribution in [3.63, 3.8) is 0 Å². The van der Waals surface area contributed by atoms with E-state index in [1.165, 1.54) is 11.1 Å². The molecule has 4 nitrogen and oxygen atoms in total. The Balaban J connectivity index is 1.80. The van der Waals surface area contributed by atoms with Crippen molar-refractivity contribution in [3.05, 3.63) is 82.8 Å². The van der Waals surface area contributed by atoms with Gasteiger partial charge in [0.2, 0.25) is 0 Å². The highest BCUT2D eigenvalue weighted by atomic mass is 15.0. The number of hydrogen-bond acceptors (Lipinski definition) is 4. The molecule has 0 heterocycles. The first-order valence-corrected chi connectivity index (χ1v) is 8.15. The van der Waals surface area contributed by atoms with Gasteiger partial charge in [-0.1, -0.05) is 36.4 Å². The van der Waals surface area contributed by atoms with Crippen LogP contribution in [0.15, 0.2) is 71.7 Å². The number of anilines is 2. The lowest BCUT2D eigenvalue weighted by atomic mass is 9.99. The number of nitrogens with two attached hydrogens (primary N) is 2. The van der Waals surface area contributed by atoms with E-state index < -0.39 is 0 Å². The lowest BCUT2D eigenvalue weighted by Crippen LogP contribution is -2.33. The van der Waals surface area contributed by atoms with Crippen molar-refractivity contribution in [1.82, 2.24) is 0 Å². The maximum absolute atomic E-state index is 6.21. The number of benzene rings is 2. The molecule has 0 fully saturated rings. The average Bonchev–Trinajstić information content (AvgIpc) is 2.56. The molecule has 6 N–H and O–H groups in total. The van der Waals surface area contributed by atoms with Crippen molar-refractivity contribution in [2.45, 2.75) is 26.3 Å². The van der Waals surface area contributed by atoms with Gasteiger partial charge in [-0.15, -0.1) is 0 Å². The molecule has 1 aliphatic rings. The highest BCUT2D eigenvalue weighted by Gasteiger charge is 2.21. The van der Waals surface area contributed by atoms with E-state index in [9.17, 15) is 0 Å². The maximum atomic E-state index is 6.21. The molecule has 0 amide bonds. The summed E-state index contributed by atoms with van der Waals surface area (Å²) in [5.41, 5.74) is 19.4. The van der Waals surface area contributed by atoms with E-state index in [0.717, 1.165) is 29.2 Å². The lowest BCUT2D eigenvalue weighted by molar-refractivity contribution is 0.771. The Morgan fingerprint density at radius 3 is 2.08 bits per heavy atom. The predicted octanol–water partition coefficient (Wildman–Crippen LogP) is 3.61. The van der Waals surface area contributed by atoms with Crippen LogP contribution >= 0.6 is 0 Å². The van der Waals surface area contributed by atoms with Gasteiger partial charge in [-0.25, -0.2) is 0 Å². The summed E-state index contributed by atoms with van der Waals surface area (Å²) in [6.07, 6.45) is 2.57. The zero-order valence-corrected chi connectivity index (χ0v) is 14.1. The van der Waals surface area contributed by atoms with Crippen LogP contribution in [0.4, 0.5) is 11.4 Å². The standard InChI is InChI=1S/C20H24N4/c1-13-7-3-5-9-17(13)23-19-12-20(16(22)11-15(19)21)24-18-10-6-4-8-14(18)2/h3-11,19,23-24H,12,21-22H2,1-2H3. The second-order valence-corrected chi connectivity index (χ2v) is 6.23. The van der Waals surface area contributed by atoms with Crippen LogP contribution in [-0.2, 0) is 0 Å². The van der Waals surface area contributed by atoms with Crippen LogP contribution in [0.25, 0.3) is 0 Å². The Kier molecular flexibility index (Phi) is 4.47. The number of aryl methyl sites for hydroxylation is 2. The molecule has 124 valence electrons. The fourth-order valence-corrected chi connectivity index (χ4v) is 2.86. The molecule has 0 saturated carbocycles. The number of allylic oxidation sites excluding steroid dienone is 1. The molecule has 3 rings (SSSR count). The van der Waals surface area contributed by atoms with Gasteiger partial charge in [-0.2, -0.15) is 0 Å². The van der Waals surface area contributed by atoms with E-state index >= 15 is 0 Å². The van der Waals surface area contributed by atoms with Gasteiger partial charge in [-0.3, -0.25) is 0 Å². The molecular weight excluding hydrogens is 296 g/mol. The minimum absolute atomic E-state index is 0.0184. The van der Waals surface area contributed by atoms with E-state index in [1.807, 2.05) is 30.3 Å². The summed E-state index contributed by atoms with van der Waals surface area (Å²) in [5.74, 6) is 0.